The van der Waals surface area contributed by atoms with Crippen molar-refractivity contribution in [2.24, 2.45) is 0 Å². The predicted octanol–water partition coefficient (Wildman–Crippen LogP) is 2.09. The van der Waals surface area contributed by atoms with E-state index in [4.69, 9.17) is 9.47 Å². The third-order valence-corrected chi connectivity index (χ3v) is 2.64. The molecular formula is C12H17NO2. The SMILES string of the molecule is COc1ccccc1C1CNC(C)(C)O1. The van der Waals surface area contributed by atoms with E-state index >= 15 is 0 Å². The summed E-state index contributed by atoms with van der Waals surface area (Å²) < 4.78 is 11.2. The van der Waals surface area contributed by atoms with Crippen LogP contribution in [0.5, 0.6) is 5.75 Å². The van der Waals surface area contributed by atoms with Crippen LogP contribution < -0.4 is 10.1 Å². The molecule has 1 saturated heterocycles. The fourth-order valence-electron chi connectivity index (χ4n) is 1.88. The maximum Gasteiger partial charge on any atom is 0.124 e. The van der Waals surface area contributed by atoms with E-state index in [2.05, 4.69) is 5.32 Å². The summed E-state index contributed by atoms with van der Waals surface area (Å²) in [5.74, 6) is 0.891. The summed E-state index contributed by atoms with van der Waals surface area (Å²) in [6.45, 7) is 4.89. The van der Waals surface area contributed by atoms with E-state index in [1.54, 1.807) is 7.11 Å². The molecule has 1 aliphatic heterocycles. The summed E-state index contributed by atoms with van der Waals surface area (Å²) in [6, 6.07) is 7.99. The van der Waals surface area contributed by atoms with Crippen LogP contribution >= 0.6 is 0 Å². The van der Waals surface area contributed by atoms with Gasteiger partial charge in [0, 0.05) is 12.1 Å². The van der Waals surface area contributed by atoms with Gasteiger partial charge in [0.25, 0.3) is 0 Å². The van der Waals surface area contributed by atoms with E-state index in [-0.39, 0.29) is 11.8 Å². The predicted molar refractivity (Wildman–Crippen MR) is 58.9 cm³/mol. The zero-order valence-electron chi connectivity index (χ0n) is 9.41. The molecule has 1 aliphatic rings. The molecule has 0 aliphatic carbocycles. The zero-order valence-corrected chi connectivity index (χ0v) is 9.41. The number of hydrogen-bond acceptors (Lipinski definition) is 3. The fraction of sp³-hybridized carbons (Fsp3) is 0.500. The molecule has 0 bridgehead atoms. The molecule has 15 heavy (non-hydrogen) atoms. The Balaban J connectivity index is 2.23. The Bertz CT molecular complexity index is 349. The first-order chi connectivity index (χ1) is 7.12. The van der Waals surface area contributed by atoms with E-state index in [0.717, 1.165) is 17.9 Å². The lowest BCUT2D eigenvalue weighted by Gasteiger charge is -2.19. The molecule has 1 aromatic rings. The minimum Gasteiger partial charge on any atom is -0.496 e. The molecule has 82 valence electrons. The summed E-state index contributed by atoms with van der Waals surface area (Å²) in [7, 11) is 1.69. The highest BCUT2D eigenvalue weighted by atomic mass is 16.5. The largest absolute Gasteiger partial charge is 0.496 e. The third-order valence-electron chi connectivity index (χ3n) is 2.64. The molecule has 1 atom stereocenters. The van der Waals surface area contributed by atoms with Gasteiger partial charge in [0.05, 0.1) is 7.11 Å². The fourth-order valence-corrected chi connectivity index (χ4v) is 1.88. The van der Waals surface area contributed by atoms with Crippen LogP contribution in [0.3, 0.4) is 0 Å². The second-order valence-corrected chi connectivity index (χ2v) is 4.24. The Hall–Kier alpha value is -1.06. The molecule has 3 heteroatoms. The number of nitrogens with one attached hydrogen (secondary N) is 1. The lowest BCUT2D eigenvalue weighted by Crippen LogP contribution is -2.33. The van der Waals surface area contributed by atoms with E-state index in [1.165, 1.54) is 0 Å². The van der Waals surface area contributed by atoms with Crippen molar-refractivity contribution in [2.75, 3.05) is 13.7 Å². The topological polar surface area (TPSA) is 30.5 Å². The van der Waals surface area contributed by atoms with Gasteiger partial charge in [0.1, 0.15) is 17.6 Å². The number of para-hydroxylation sites is 1. The highest BCUT2D eigenvalue weighted by Crippen LogP contribution is 2.33. The molecule has 2 rings (SSSR count). The van der Waals surface area contributed by atoms with Crippen molar-refractivity contribution in [1.29, 1.82) is 0 Å². The zero-order chi connectivity index (χ0) is 10.9. The van der Waals surface area contributed by atoms with Gasteiger partial charge >= 0.3 is 0 Å². The lowest BCUT2D eigenvalue weighted by molar-refractivity contribution is -0.0247. The van der Waals surface area contributed by atoms with Crippen molar-refractivity contribution in [3.8, 4) is 5.75 Å². The highest BCUT2D eigenvalue weighted by molar-refractivity contribution is 5.35. The van der Waals surface area contributed by atoms with E-state index in [0.29, 0.717) is 0 Å². The molecule has 1 unspecified atom stereocenters. The van der Waals surface area contributed by atoms with Gasteiger partial charge in [-0.25, -0.2) is 0 Å². The average molecular weight is 207 g/mol. The molecule has 1 fully saturated rings. The molecule has 1 heterocycles. The van der Waals surface area contributed by atoms with Gasteiger partial charge in [0.15, 0.2) is 0 Å². The molecule has 0 amide bonds. The second kappa shape index (κ2) is 3.83. The molecule has 0 radical (unpaired) electrons. The van der Waals surface area contributed by atoms with E-state index in [9.17, 15) is 0 Å². The number of hydrogen-bond donors (Lipinski definition) is 1. The normalized spacial score (nSPS) is 24.1. The van der Waals surface area contributed by atoms with Gasteiger partial charge in [-0.05, 0) is 19.9 Å². The van der Waals surface area contributed by atoms with E-state index < -0.39 is 0 Å². The molecule has 0 spiro atoms. The standard InChI is InChI=1S/C12H17NO2/c1-12(2)13-8-11(15-12)9-6-4-5-7-10(9)14-3/h4-7,11,13H,8H2,1-3H3. The summed E-state index contributed by atoms with van der Waals surface area (Å²) in [4.78, 5) is 0. The molecular weight excluding hydrogens is 190 g/mol. The number of rotatable bonds is 2. The molecule has 3 nitrogen and oxygen atoms in total. The van der Waals surface area contributed by atoms with Crippen LogP contribution in [-0.2, 0) is 4.74 Å². The first-order valence-corrected chi connectivity index (χ1v) is 5.18. The van der Waals surface area contributed by atoms with Crippen LogP contribution in [0.2, 0.25) is 0 Å². The minimum atomic E-state index is -0.245. The first-order valence-electron chi connectivity index (χ1n) is 5.18. The maximum absolute atomic E-state index is 5.89. The summed E-state index contributed by atoms with van der Waals surface area (Å²) >= 11 is 0. The summed E-state index contributed by atoms with van der Waals surface area (Å²) in [6.07, 6.45) is 0.0798. The second-order valence-electron chi connectivity index (χ2n) is 4.24. The Morgan fingerprint density at radius 3 is 2.73 bits per heavy atom. The van der Waals surface area contributed by atoms with Crippen molar-refractivity contribution in [3.63, 3.8) is 0 Å². The van der Waals surface area contributed by atoms with Crippen LogP contribution in [0.15, 0.2) is 24.3 Å². The number of methoxy groups -OCH3 is 1. The smallest absolute Gasteiger partial charge is 0.124 e. The lowest BCUT2D eigenvalue weighted by atomic mass is 10.1. The maximum atomic E-state index is 5.89. The van der Waals surface area contributed by atoms with Crippen LogP contribution in [0.4, 0.5) is 0 Å². The quantitative estimate of drug-likeness (QED) is 0.805. The van der Waals surface area contributed by atoms with Gasteiger partial charge in [-0.3, -0.25) is 5.32 Å². The van der Waals surface area contributed by atoms with Gasteiger partial charge in [-0.15, -0.1) is 0 Å². The van der Waals surface area contributed by atoms with Crippen LogP contribution in [0, 0.1) is 0 Å². The Labute approximate surface area is 90.4 Å². The number of benzene rings is 1. The Morgan fingerprint density at radius 1 is 1.40 bits per heavy atom. The van der Waals surface area contributed by atoms with Gasteiger partial charge < -0.3 is 9.47 Å². The van der Waals surface area contributed by atoms with Crippen molar-refractivity contribution in [3.05, 3.63) is 29.8 Å². The molecule has 0 saturated carbocycles. The van der Waals surface area contributed by atoms with Crippen LogP contribution in [-0.4, -0.2) is 19.4 Å². The van der Waals surface area contributed by atoms with Gasteiger partial charge in [0.2, 0.25) is 0 Å². The summed E-state index contributed by atoms with van der Waals surface area (Å²) in [5, 5.41) is 3.32. The monoisotopic (exact) mass is 207 g/mol. The Morgan fingerprint density at radius 2 is 2.13 bits per heavy atom. The molecule has 1 aromatic carbocycles. The number of ether oxygens (including phenoxy) is 2. The highest BCUT2D eigenvalue weighted by Gasteiger charge is 2.33. The van der Waals surface area contributed by atoms with Crippen molar-refractivity contribution >= 4 is 0 Å². The van der Waals surface area contributed by atoms with Gasteiger partial charge in [-0.2, -0.15) is 0 Å². The Kier molecular flexibility index (Phi) is 2.67. The van der Waals surface area contributed by atoms with Gasteiger partial charge in [-0.1, -0.05) is 18.2 Å². The van der Waals surface area contributed by atoms with E-state index in [1.807, 2.05) is 38.1 Å². The molecule has 0 aromatic heterocycles. The van der Waals surface area contributed by atoms with Crippen molar-refractivity contribution in [2.45, 2.75) is 25.7 Å². The van der Waals surface area contributed by atoms with Crippen LogP contribution in [0.1, 0.15) is 25.5 Å². The minimum absolute atomic E-state index is 0.0798. The van der Waals surface area contributed by atoms with Crippen molar-refractivity contribution < 1.29 is 9.47 Å². The molecule has 1 N–H and O–H groups in total. The summed E-state index contributed by atoms with van der Waals surface area (Å²) in [5.41, 5.74) is 0.865. The van der Waals surface area contributed by atoms with Crippen LogP contribution in [0.25, 0.3) is 0 Å². The average Bonchev–Trinajstić information content (AvgIpc) is 2.59. The third kappa shape index (κ3) is 2.13. The van der Waals surface area contributed by atoms with Crippen molar-refractivity contribution in [1.82, 2.24) is 5.32 Å². The first kappa shape index (κ1) is 10.5.